The molecule has 1 aliphatic heterocycles. The fourth-order valence-corrected chi connectivity index (χ4v) is 4.44. The Morgan fingerprint density at radius 3 is 2.31 bits per heavy atom. The average Bonchev–Trinajstić information content (AvgIpc) is 3.11. The summed E-state index contributed by atoms with van der Waals surface area (Å²) in [6, 6.07) is 26.0. The van der Waals surface area contributed by atoms with E-state index in [1.165, 1.54) is 11.8 Å². The quantitative estimate of drug-likeness (QED) is 0.539. The van der Waals surface area contributed by atoms with Crippen LogP contribution in [0.25, 0.3) is 0 Å². The molecule has 1 atom stereocenters. The lowest BCUT2D eigenvalue weighted by molar-refractivity contribution is -0.121. The number of aliphatic imine (C=N–C) groups is 1. The molecule has 7 heteroatoms. The molecule has 0 aromatic heterocycles. The first-order chi connectivity index (χ1) is 15.6. The van der Waals surface area contributed by atoms with Crippen molar-refractivity contribution in [3.8, 4) is 5.75 Å². The van der Waals surface area contributed by atoms with Gasteiger partial charge in [-0.05, 0) is 55.5 Å². The molecule has 32 heavy (non-hydrogen) atoms. The van der Waals surface area contributed by atoms with Crippen LogP contribution < -0.4 is 15.0 Å². The lowest BCUT2D eigenvalue weighted by atomic mass is 10.2. The minimum Gasteiger partial charge on any atom is -0.494 e. The van der Waals surface area contributed by atoms with Gasteiger partial charge >= 0.3 is 0 Å². The second kappa shape index (κ2) is 10.2. The normalized spacial score (nSPS) is 16.9. The van der Waals surface area contributed by atoms with E-state index >= 15 is 0 Å². The monoisotopic (exact) mass is 445 g/mol. The van der Waals surface area contributed by atoms with Gasteiger partial charge in [0.25, 0.3) is 0 Å². The number of thioether (sulfide) groups is 1. The van der Waals surface area contributed by atoms with E-state index in [0.717, 1.165) is 17.1 Å². The molecule has 1 saturated heterocycles. The molecule has 1 N–H and O–H groups in total. The van der Waals surface area contributed by atoms with Crippen molar-refractivity contribution < 1.29 is 14.3 Å². The predicted octanol–water partition coefficient (Wildman–Crippen LogP) is 5.25. The van der Waals surface area contributed by atoms with Crippen LogP contribution in [0.4, 0.5) is 17.1 Å². The fraction of sp³-hybridized carbons (Fsp3) is 0.160. The first-order valence-electron chi connectivity index (χ1n) is 10.4. The number of anilines is 2. The number of hydrogen-bond acceptors (Lipinski definition) is 5. The Morgan fingerprint density at radius 2 is 1.66 bits per heavy atom. The van der Waals surface area contributed by atoms with Crippen LogP contribution in [0.5, 0.6) is 5.75 Å². The van der Waals surface area contributed by atoms with Crippen molar-refractivity contribution in [3.05, 3.63) is 84.9 Å². The Hall–Kier alpha value is -3.58. The zero-order valence-electron chi connectivity index (χ0n) is 17.6. The molecule has 0 bridgehead atoms. The van der Waals surface area contributed by atoms with Crippen molar-refractivity contribution in [1.82, 2.24) is 0 Å². The minimum atomic E-state index is -0.555. The maximum Gasteiger partial charge on any atom is 0.247 e. The van der Waals surface area contributed by atoms with E-state index in [4.69, 9.17) is 4.74 Å². The Kier molecular flexibility index (Phi) is 6.87. The Bertz CT molecular complexity index is 1100. The van der Waals surface area contributed by atoms with Crippen LogP contribution in [0.3, 0.4) is 0 Å². The number of amides is 2. The molecule has 1 fully saturated rings. The van der Waals surface area contributed by atoms with Gasteiger partial charge in [0.05, 0.1) is 18.0 Å². The van der Waals surface area contributed by atoms with Gasteiger partial charge in [-0.25, -0.2) is 4.99 Å². The molecule has 0 saturated carbocycles. The van der Waals surface area contributed by atoms with Crippen LogP contribution in [0, 0.1) is 0 Å². The van der Waals surface area contributed by atoms with E-state index < -0.39 is 5.25 Å². The van der Waals surface area contributed by atoms with Crippen LogP contribution in [-0.2, 0) is 9.59 Å². The van der Waals surface area contributed by atoms with Gasteiger partial charge in [0.15, 0.2) is 5.17 Å². The summed E-state index contributed by atoms with van der Waals surface area (Å²) in [5, 5.41) is 2.87. The van der Waals surface area contributed by atoms with Crippen molar-refractivity contribution in [2.75, 3.05) is 16.8 Å². The number of carbonyl (C=O) groups is 2. The number of benzene rings is 3. The summed E-state index contributed by atoms with van der Waals surface area (Å²) in [6.07, 6.45) is 0.0495. The number of amidine groups is 1. The molecule has 1 heterocycles. The first kappa shape index (κ1) is 21.6. The highest BCUT2D eigenvalue weighted by molar-refractivity contribution is 8.16. The summed E-state index contributed by atoms with van der Waals surface area (Å²) in [4.78, 5) is 32.2. The number of hydrogen-bond donors (Lipinski definition) is 1. The van der Waals surface area contributed by atoms with Gasteiger partial charge in [-0.3, -0.25) is 14.5 Å². The van der Waals surface area contributed by atoms with E-state index in [2.05, 4.69) is 10.3 Å². The molecule has 0 radical (unpaired) electrons. The van der Waals surface area contributed by atoms with Crippen LogP contribution in [-0.4, -0.2) is 28.8 Å². The summed E-state index contributed by atoms with van der Waals surface area (Å²) >= 11 is 1.31. The van der Waals surface area contributed by atoms with Crippen LogP contribution in [0.1, 0.15) is 13.3 Å². The zero-order chi connectivity index (χ0) is 22.3. The molecule has 1 unspecified atom stereocenters. The highest BCUT2D eigenvalue weighted by Gasteiger charge is 2.40. The van der Waals surface area contributed by atoms with Gasteiger partial charge < -0.3 is 10.1 Å². The molecule has 4 rings (SSSR count). The van der Waals surface area contributed by atoms with Gasteiger partial charge in [-0.15, -0.1) is 0 Å². The third-order valence-corrected chi connectivity index (χ3v) is 5.89. The van der Waals surface area contributed by atoms with Crippen LogP contribution in [0.2, 0.25) is 0 Å². The van der Waals surface area contributed by atoms with Gasteiger partial charge in [0, 0.05) is 12.1 Å². The maximum absolute atomic E-state index is 13.2. The fourth-order valence-electron chi connectivity index (χ4n) is 3.28. The van der Waals surface area contributed by atoms with Gasteiger partial charge in [-0.2, -0.15) is 0 Å². The molecule has 6 nitrogen and oxygen atoms in total. The second-order valence-electron chi connectivity index (χ2n) is 7.06. The standard InChI is InChI=1S/C25H23N3O3S/c1-2-31-21-15-13-19(14-16-21)26-23(29)17-22-24(30)28(20-11-7-4-8-12-20)25(32-22)27-18-9-5-3-6-10-18/h3-16,22H,2,17H2,1H3,(H,26,29). The molecular formula is C25H23N3O3S. The SMILES string of the molecule is CCOc1ccc(NC(=O)CC2SC(=Nc3ccccc3)N(c3ccccc3)C2=O)cc1. The van der Waals surface area contributed by atoms with E-state index in [9.17, 15) is 9.59 Å². The Morgan fingerprint density at radius 1 is 1.00 bits per heavy atom. The number of ether oxygens (including phenoxy) is 1. The van der Waals surface area contributed by atoms with Crippen molar-refractivity contribution in [2.45, 2.75) is 18.6 Å². The summed E-state index contributed by atoms with van der Waals surface area (Å²) in [7, 11) is 0. The number of rotatable bonds is 7. The lowest BCUT2D eigenvalue weighted by Crippen LogP contribution is -2.33. The summed E-state index contributed by atoms with van der Waals surface area (Å²) < 4.78 is 5.42. The van der Waals surface area contributed by atoms with Crippen molar-refractivity contribution in [3.63, 3.8) is 0 Å². The third kappa shape index (κ3) is 5.18. The van der Waals surface area contributed by atoms with Gasteiger partial charge in [0.2, 0.25) is 11.8 Å². The molecule has 0 spiro atoms. The smallest absolute Gasteiger partial charge is 0.247 e. The number of carbonyl (C=O) groups excluding carboxylic acids is 2. The maximum atomic E-state index is 13.2. The summed E-state index contributed by atoms with van der Waals surface area (Å²) in [5.74, 6) is 0.360. The first-order valence-corrected chi connectivity index (χ1v) is 11.2. The topological polar surface area (TPSA) is 71.0 Å². The average molecular weight is 446 g/mol. The number of para-hydroxylation sites is 2. The Labute approximate surface area is 191 Å². The van der Waals surface area contributed by atoms with E-state index in [0.29, 0.717) is 17.5 Å². The van der Waals surface area contributed by atoms with Crippen molar-refractivity contribution in [2.24, 2.45) is 4.99 Å². The molecular weight excluding hydrogens is 422 g/mol. The molecule has 0 aliphatic carbocycles. The summed E-state index contributed by atoms with van der Waals surface area (Å²) in [6.45, 7) is 2.50. The lowest BCUT2D eigenvalue weighted by Gasteiger charge is -2.16. The van der Waals surface area contributed by atoms with E-state index in [1.807, 2.05) is 67.6 Å². The van der Waals surface area contributed by atoms with Gasteiger partial charge in [0.1, 0.15) is 11.0 Å². The second-order valence-corrected chi connectivity index (χ2v) is 8.23. The minimum absolute atomic E-state index is 0.0495. The van der Waals surface area contributed by atoms with Crippen molar-refractivity contribution in [1.29, 1.82) is 0 Å². The third-order valence-electron chi connectivity index (χ3n) is 4.75. The Balaban J connectivity index is 1.51. The molecule has 162 valence electrons. The van der Waals surface area contributed by atoms with Crippen LogP contribution in [0.15, 0.2) is 89.9 Å². The summed E-state index contributed by atoms with van der Waals surface area (Å²) in [5.41, 5.74) is 2.14. The molecule has 1 aliphatic rings. The van der Waals surface area contributed by atoms with Crippen LogP contribution >= 0.6 is 11.8 Å². The number of nitrogens with zero attached hydrogens (tertiary/aromatic N) is 2. The highest BCUT2D eigenvalue weighted by atomic mass is 32.2. The van der Waals surface area contributed by atoms with Crippen molar-refractivity contribution >= 4 is 45.8 Å². The molecule has 3 aromatic carbocycles. The van der Waals surface area contributed by atoms with E-state index in [1.54, 1.807) is 29.2 Å². The zero-order valence-corrected chi connectivity index (χ0v) is 18.4. The largest absolute Gasteiger partial charge is 0.494 e. The molecule has 2 amide bonds. The molecule has 3 aromatic rings. The number of nitrogens with one attached hydrogen (secondary N) is 1. The predicted molar refractivity (Wildman–Crippen MR) is 130 cm³/mol. The highest BCUT2D eigenvalue weighted by Crippen LogP contribution is 2.35. The van der Waals surface area contributed by atoms with E-state index in [-0.39, 0.29) is 18.2 Å². The van der Waals surface area contributed by atoms with Gasteiger partial charge in [-0.1, -0.05) is 48.2 Å².